The first-order valence-electron chi connectivity index (χ1n) is 11.8. The predicted molar refractivity (Wildman–Crippen MR) is 144 cm³/mol. The summed E-state index contributed by atoms with van der Waals surface area (Å²) < 4.78 is 43.9. The molecule has 11 heteroatoms. The van der Waals surface area contributed by atoms with Crippen LogP contribution >= 0.6 is 0 Å². The quantitative estimate of drug-likeness (QED) is 0.318. The first-order chi connectivity index (χ1) is 18.3. The zero-order valence-corrected chi connectivity index (χ0v) is 22.3. The van der Waals surface area contributed by atoms with Gasteiger partial charge >= 0.3 is 0 Å². The zero-order valence-electron chi connectivity index (χ0n) is 21.5. The van der Waals surface area contributed by atoms with Crippen molar-refractivity contribution in [3.8, 4) is 11.5 Å². The summed E-state index contributed by atoms with van der Waals surface area (Å²) in [6.45, 7) is 0.329. The van der Waals surface area contributed by atoms with Gasteiger partial charge in [0.25, 0.3) is 15.9 Å². The number of carbonyl (C=O) groups is 2. The highest BCUT2D eigenvalue weighted by Crippen LogP contribution is 2.32. The summed E-state index contributed by atoms with van der Waals surface area (Å²) in [5.74, 6) is -0.257. The number of methoxy groups -OCH3 is 3. The van der Waals surface area contributed by atoms with Gasteiger partial charge in [0.2, 0.25) is 5.91 Å². The molecule has 0 heterocycles. The number of nitrogens with zero attached hydrogens (tertiary/aromatic N) is 1. The summed E-state index contributed by atoms with van der Waals surface area (Å²) in [4.78, 5) is 25.9. The Kier molecular flexibility index (Phi) is 10.1. The van der Waals surface area contributed by atoms with Crippen molar-refractivity contribution >= 4 is 33.2 Å². The van der Waals surface area contributed by atoms with E-state index in [-0.39, 0.29) is 33.5 Å². The SMILES string of the molecule is COCCCNC(=O)c1ccccc1NC(=O)CN(c1ccccc1OC)S(=O)(=O)c1ccc(OC)cc1. The van der Waals surface area contributed by atoms with Gasteiger partial charge in [-0.1, -0.05) is 24.3 Å². The minimum Gasteiger partial charge on any atom is -0.497 e. The van der Waals surface area contributed by atoms with E-state index < -0.39 is 22.5 Å². The van der Waals surface area contributed by atoms with Crippen LogP contribution in [-0.2, 0) is 19.6 Å². The van der Waals surface area contributed by atoms with E-state index in [0.717, 1.165) is 4.31 Å². The Morgan fingerprint density at radius 2 is 1.55 bits per heavy atom. The normalized spacial score (nSPS) is 10.9. The van der Waals surface area contributed by atoms with E-state index in [9.17, 15) is 18.0 Å². The summed E-state index contributed by atoms with van der Waals surface area (Å²) in [7, 11) is 0.276. The van der Waals surface area contributed by atoms with E-state index in [0.29, 0.717) is 25.3 Å². The molecule has 0 aromatic heterocycles. The second-order valence-corrected chi connectivity index (χ2v) is 9.92. The van der Waals surface area contributed by atoms with Gasteiger partial charge < -0.3 is 24.8 Å². The number of amides is 2. The fourth-order valence-electron chi connectivity index (χ4n) is 3.63. The number of hydrogen-bond acceptors (Lipinski definition) is 7. The summed E-state index contributed by atoms with van der Waals surface area (Å²) in [5.41, 5.74) is 0.689. The van der Waals surface area contributed by atoms with Crippen LogP contribution in [0.1, 0.15) is 16.8 Å². The predicted octanol–water partition coefficient (Wildman–Crippen LogP) is 3.30. The molecular weight excluding hydrogens is 510 g/mol. The van der Waals surface area contributed by atoms with E-state index in [1.54, 1.807) is 55.6 Å². The third-order valence-electron chi connectivity index (χ3n) is 5.55. The molecule has 0 spiro atoms. The fraction of sp³-hybridized carbons (Fsp3) is 0.259. The number of ether oxygens (including phenoxy) is 3. The summed E-state index contributed by atoms with van der Waals surface area (Å²) in [6, 6.07) is 18.8. The Labute approximate surface area is 222 Å². The molecule has 0 radical (unpaired) electrons. The molecule has 0 aliphatic rings. The van der Waals surface area contributed by atoms with Crippen molar-refractivity contribution < 1.29 is 32.2 Å². The number of anilines is 2. The van der Waals surface area contributed by atoms with E-state index in [2.05, 4.69) is 10.6 Å². The summed E-state index contributed by atoms with van der Waals surface area (Å²) in [6.07, 6.45) is 0.633. The second kappa shape index (κ2) is 13.5. The lowest BCUT2D eigenvalue weighted by atomic mass is 10.1. The molecule has 0 saturated carbocycles. The average Bonchev–Trinajstić information content (AvgIpc) is 2.94. The van der Waals surface area contributed by atoms with E-state index in [1.807, 2.05) is 0 Å². The van der Waals surface area contributed by atoms with Gasteiger partial charge in [-0.2, -0.15) is 0 Å². The van der Waals surface area contributed by atoms with Gasteiger partial charge in [0.05, 0.1) is 36.1 Å². The maximum Gasteiger partial charge on any atom is 0.264 e. The molecule has 2 N–H and O–H groups in total. The number of benzene rings is 3. The van der Waals surface area contributed by atoms with E-state index in [4.69, 9.17) is 14.2 Å². The standard InChI is InChI=1S/C27H31N3O7S/c1-35-18-8-17-28-27(32)22-9-4-5-10-23(22)29-26(31)19-30(24-11-6-7-12-25(24)37-3)38(33,34)21-15-13-20(36-2)14-16-21/h4-7,9-16H,8,17-19H2,1-3H3,(H,28,32)(H,29,31). The molecule has 0 aliphatic heterocycles. The topological polar surface area (TPSA) is 123 Å². The zero-order chi connectivity index (χ0) is 27.5. The van der Waals surface area contributed by atoms with Crippen molar-refractivity contribution in [3.05, 3.63) is 78.4 Å². The number of hydrogen-bond donors (Lipinski definition) is 2. The minimum absolute atomic E-state index is 0.0344. The summed E-state index contributed by atoms with van der Waals surface area (Å²) >= 11 is 0. The minimum atomic E-state index is -4.20. The first-order valence-corrected chi connectivity index (χ1v) is 13.2. The molecule has 3 rings (SSSR count). The van der Waals surface area contributed by atoms with Crippen LogP contribution in [0, 0.1) is 0 Å². The van der Waals surface area contributed by atoms with Crippen LogP contribution in [0.2, 0.25) is 0 Å². The van der Waals surface area contributed by atoms with Gasteiger partial charge in [0, 0.05) is 20.3 Å². The van der Waals surface area contributed by atoms with Gasteiger partial charge in [-0.05, 0) is 55.0 Å². The Balaban J connectivity index is 1.90. The Hall–Kier alpha value is -4.09. The van der Waals surface area contributed by atoms with Crippen LogP contribution in [-0.4, -0.2) is 61.3 Å². The average molecular weight is 542 g/mol. The molecular formula is C27H31N3O7S. The molecule has 202 valence electrons. The third kappa shape index (κ3) is 7.02. The Morgan fingerprint density at radius 1 is 0.868 bits per heavy atom. The maximum absolute atomic E-state index is 13.7. The molecule has 0 bridgehead atoms. The van der Waals surface area contributed by atoms with Gasteiger partial charge in [-0.25, -0.2) is 8.42 Å². The van der Waals surface area contributed by atoms with Crippen LogP contribution in [0.25, 0.3) is 0 Å². The van der Waals surface area contributed by atoms with Crippen molar-refractivity contribution in [1.82, 2.24) is 5.32 Å². The van der Waals surface area contributed by atoms with Crippen LogP contribution in [0.15, 0.2) is 77.7 Å². The number of nitrogens with one attached hydrogen (secondary N) is 2. The monoisotopic (exact) mass is 541 g/mol. The highest BCUT2D eigenvalue weighted by molar-refractivity contribution is 7.92. The number of carbonyl (C=O) groups excluding carboxylic acids is 2. The molecule has 2 amide bonds. The lowest BCUT2D eigenvalue weighted by Crippen LogP contribution is -2.38. The largest absolute Gasteiger partial charge is 0.497 e. The van der Waals surface area contributed by atoms with E-state index >= 15 is 0 Å². The molecule has 3 aromatic rings. The van der Waals surface area contributed by atoms with Crippen molar-refractivity contribution in [3.63, 3.8) is 0 Å². The molecule has 0 aliphatic carbocycles. The van der Waals surface area contributed by atoms with Crippen molar-refractivity contribution in [2.75, 3.05) is 50.6 Å². The number of rotatable bonds is 13. The van der Waals surface area contributed by atoms with E-state index in [1.165, 1.54) is 38.5 Å². The molecule has 0 atom stereocenters. The highest BCUT2D eigenvalue weighted by Gasteiger charge is 2.29. The molecule has 0 fully saturated rings. The van der Waals surface area contributed by atoms with Crippen molar-refractivity contribution in [2.45, 2.75) is 11.3 Å². The smallest absolute Gasteiger partial charge is 0.264 e. The number of sulfonamides is 1. The van der Waals surface area contributed by atoms with Crippen LogP contribution in [0.3, 0.4) is 0 Å². The molecule has 3 aromatic carbocycles. The van der Waals surface area contributed by atoms with Crippen LogP contribution < -0.4 is 24.4 Å². The number of para-hydroxylation sites is 3. The van der Waals surface area contributed by atoms with Gasteiger partial charge in [0.1, 0.15) is 18.0 Å². The van der Waals surface area contributed by atoms with Crippen molar-refractivity contribution in [1.29, 1.82) is 0 Å². The van der Waals surface area contributed by atoms with Crippen LogP contribution in [0.5, 0.6) is 11.5 Å². The van der Waals surface area contributed by atoms with Gasteiger partial charge in [-0.15, -0.1) is 0 Å². The van der Waals surface area contributed by atoms with Crippen molar-refractivity contribution in [2.24, 2.45) is 0 Å². The lowest BCUT2D eigenvalue weighted by Gasteiger charge is -2.26. The fourth-order valence-corrected chi connectivity index (χ4v) is 5.07. The first kappa shape index (κ1) is 28.5. The second-order valence-electron chi connectivity index (χ2n) is 8.06. The molecule has 0 unspecified atom stereocenters. The summed E-state index contributed by atoms with van der Waals surface area (Å²) in [5, 5.41) is 5.46. The molecule has 38 heavy (non-hydrogen) atoms. The van der Waals surface area contributed by atoms with Gasteiger partial charge in [0.15, 0.2) is 0 Å². The molecule has 0 saturated heterocycles. The van der Waals surface area contributed by atoms with Crippen LogP contribution in [0.4, 0.5) is 11.4 Å². The van der Waals surface area contributed by atoms with Gasteiger partial charge in [-0.3, -0.25) is 13.9 Å². The third-order valence-corrected chi connectivity index (χ3v) is 7.32. The Bertz CT molecular complexity index is 1340. The molecule has 10 nitrogen and oxygen atoms in total. The Morgan fingerprint density at radius 3 is 2.24 bits per heavy atom. The maximum atomic E-state index is 13.7. The lowest BCUT2D eigenvalue weighted by molar-refractivity contribution is -0.114. The highest BCUT2D eigenvalue weighted by atomic mass is 32.2.